The zero-order chi connectivity index (χ0) is 13.1. The zero-order valence-electron chi connectivity index (χ0n) is 10.3. The average molecular weight is 246 g/mol. The number of esters is 1. The normalized spacial score (nSPS) is 10.3. The molecule has 0 amide bonds. The van der Waals surface area contributed by atoms with Crippen molar-refractivity contribution >= 4 is 11.7 Å². The highest BCUT2D eigenvalue weighted by atomic mass is 16.5. The Balaban J connectivity index is 2.49. The number of hydrogen-bond acceptors (Lipinski definition) is 5. The van der Waals surface area contributed by atoms with Gasteiger partial charge in [0.25, 0.3) is 0 Å². The van der Waals surface area contributed by atoms with E-state index in [0.29, 0.717) is 18.0 Å². The third kappa shape index (κ3) is 2.04. The van der Waals surface area contributed by atoms with Crippen LogP contribution in [-0.4, -0.2) is 27.1 Å². The van der Waals surface area contributed by atoms with E-state index in [-0.39, 0.29) is 5.69 Å². The largest absolute Gasteiger partial charge is 0.462 e. The second kappa shape index (κ2) is 4.87. The van der Waals surface area contributed by atoms with Gasteiger partial charge in [-0.25, -0.2) is 14.8 Å². The van der Waals surface area contributed by atoms with Gasteiger partial charge in [0.05, 0.1) is 17.9 Å². The van der Waals surface area contributed by atoms with Crippen molar-refractivity contribution in [3.8, 4) is 5.82 Å². The summed E-state index contributed by atoms with van der Waals surface area (Å²) >= 11 is 0. The van der Waals surface area contributed by atoms with Crippen molar-refractivity contribution < 1.29 is 9.53 Å². The van der Waals surface area contributed by atoms with Gasteiger partial charge >= 0.3 is 5.97 Å². The van der Waals surface area contributed by atoms with Gasteiger partial charge in [0.2, 0.25) is 0 Å². The van der Waals surface area contributed by atoms with Crippen LogP contribution in [0.2, 0.25) is 0 Å². The van der Waals surface area contributed by atoms with Gasteiger partial charge in [-0.15, -0.1) is 0 Å². The molecule has 94 valence electrons. The van der Waals surface area contributed by atoms with Crippen molar-refractivity contribution in [1.29, 1.82) is 0 Å². The molecule has 0 unspecified atom stereocenters. The zero-order valence-corrected chi connectivity index (χ0v) is 10.3. The van der Waals surface area contributed by atoms with Crippen LogP contribution in [0.3, 0.4) is 0 Å². The molecule has 2 rings (SSSR count). The first kappa shape index (κ1) is 12.1. The second-order valence-corrected chi connectivity index (χ2v) is 3.66. The number of carbonyl (C=O) groups is 1. The molecule has 0 fully saturated rings. The molecule has 0 spiro atoms. The number of rotatable bonds is 3. The molecule has 6 heteroatoms. The molecular formula is C12H14N4O2. The van der Waals surface area contributed by atoms with Gasteiger partial charge in [-0.05, 0) is 19.9 Å². The SMILES string of the molecule is CCOC(=O)c1ccnc(-n2ccnc2C)c1N. The highest BCUT2D eigenvalue weighted by Gasteiger charge is 2.16. The summed E-state index contributed by atoms with van der Waals surface area (Å²) < 4.78 is 6.66. The molecule has 2 aromatic heterocycles. The van der Waals surface area contributed by atoms with Crippen LogP contribution in [0, 0.1) is 6.92 Å². The van der Waals surface area contributed by atoms with E-state index < -0.39 is 5.97 Å². The molecule has 0 aliphatic carbocycles. The van der Waals surface area contributed by atoms with Crippen LogP contribution in [0.15, 0.2) is 24.7 Å². The lowest BCUT2D eigenvalue weighted by atomic mass is 10.2. The average Bonchev–Trinajstić information content (AvgIpc) is 2.76. The number of ether oxygens (including phenoxy) is 1. The third-order valence-corrected chi connectivity index (χ3v) is 2.52. The van der Waals surface area contributed by atoms with Gasteiger partial charge in [0, 0.05) is 18.6 Å². The number of carbonyl (C=O) groups excluding carboxylic acids is 1. The van der Waals surface area contributed by atoms with Crippen LogP contribution in [0.1, 0.15) is 23.1 Å². The molecule has 2 aromatic rings. The Hall–Kier alpha value is -2.37. The number of nitrogens with zero attached hydrogens (tertiary/aromatic N) is 3. The number of aryl methyl sites for hydroxylation is 1. The predicted octanol–water partition coefficient (Wildman–Crippen LogP) is 1.33. The molecule has 2 N–H and O–H groups in total. The molecule has 0 radical (unpaired) electrons. The predicted molar refractivity (Wildman–Crippen MR) is 66.5 cm³/mol. The third-order valence-electron chi connectivity index (χ3n) is 2.52. The van der Waals surface area contributed by atoms with E-state index in [1.165, 1.54) is 6.20 Å². The summed E-state index contributed by atoms with van der Waals surface area (Å²) in [6.45, 7) is 3.88. The molecule has 0 saturated heterocycles. The molecule has 0 saturated carbocycles. The summed E-state index contributed by atoms with van der Waals surface area (Å²) in [5.74, 6) is 0.780. The summed E-state index contributed by atoms with van der Waals surface area (Å²) in [6, 6.07) is 1.54. The van der Waals surface area contributed by atoms with Gasteiger partial charge in [-0.3, -0.25) is 4.57 Å². The lowest BCUT2D eigenvalue weighted by Gasteiger charge is -2.10. The summed E-state index contributed by atoms with van der Waals surface area (Å²) in [7, 11) is 0. The van der Waals surface area contributed by atoms with Crippen LogP contribution in [0.5, 0.6) is 0 Å². The Morgan fingerprint density at radius 1 is 1.44 bits per heavy atom. The smallest absolute Gasteiger partial charge is 0.340 e. The molecule has 18 heavy (non-hydrogen) atoms. The lowest BCUT2D eigenvalue weighted by Crippen LogP contribution is -2.12. The summed E-state index contributed by atoms with van der Waals surface area (Å²) in [6.07, 6.45) is 4.91. The number of nitrogen functional groups attached to an aromatic ring is 1. The van der Waals surface area contributed by atoms with Crippen LogP contribution in [0.4, 0.5) is 5.69 Å². The standard InChI is InChI=1S/C12H14N4O2/c1-3-18-12(17)9-4-5-15-11(10(9)13)16-7-6-14-8(16)2/h4-7H,3,13H2,1-2H3. The van der Waals surface area contributed by atoms with Crippen LogP contribution in [0.25, 0.3) is 5.82 Å². The van der Waals surface area contributed by atoms with E-state index in [1.807, 2.05) is 6.92 Å². The van der Waals surface area contributed by atoms with E-state index in [1.54, 1.807) is 30.0 Å². The molecule has 0 aliphatic rings. The number of aromatic nitrogens is 3. The molecular weight excluding hydrogens is 232 g/mol. The van der Waals surface area contributed by atoms with Crippen molar-refractivity contribution in [2.75, 3.05) is 12.3 Å². The van der Waals surface area contributed by atoms with Crippen molar-refractivity contribution in [3.05, 3.63) is 36.0 Å². The first-order valence-corrected chi connectivity index (χ1v) is 5.57. The van der Waals surface area contributed by atoms with E-state index >= 15 is 0 Å². The Morgan fingerprint density at radius 2 is 2.22 bits per heavy atom. The Morgan fingerprint density at radius 3 is 2.83 bits per heavy atom. The van der Waals surface area contributed by atoms with Gasteiger partial charge in [-0.1, -0.05) is 0 Å². The molecule has 2 heterocycles. The Kier molecular flexibility index (Phi) is 3.27. The molecule has 0 atom stereocenters. The van der Waals surface area contributed by atoms with Crippen LogP contribution >= 0.6 is 0 Å². The maximum Gasteiger partial charge on any atom is 0.340 e. The molecule has 6 nitrogen and oxygen atoms in total. The van der Waals surface area contributed by atoms with E-state index in [0.717, 1.165) is 5.82 Å². The van der Waals surface area contributed by atoms with Crippen molar-refractivity contribution in [3.63, 3.8) is 0 Å². The highest BCUT2D eigenvalue weighted by molar-refractivity contribution is 5.96. The minimum atomic E-state index is -0.448. The fourth-order valence-electron chi connectivity index (χ4n) is 1.64. The highest BCUT2D eigenvalue weighted by Crippen LogP contribution is 2.20. The van der Waals surface area contributed by atoms with Crippen LogP contribution < -0.4 is 5.73 Å². The minimum absolute atomic E-state index is 0.289. The number of nitrogens with two attached hydrogens (primary N) is 1. The lowest BCUT2D eigenvalue weighted by molar-refractivity contribution is 0.0527. The quantitative estimate of drug-likeness (QED) is 0.826. The number of pyridine rings is 1. The second-order valence-electron chi connectivity index (χ2n) is 3.66. The van der Waals surface area contributed by atoms with E-state index in [4.69, 9.17) is 10.5 Å². The number of hydrogen-bond donors (Lipinski definition) is 1. The fourth-order valence-corrected chi connectivity index (χ4v) is 1.64. The summed E-state index contributed by atoms with van der Waals surface area (Å²) in [5.41, 5.74) is 6.57. The Bertz CT molecular complexity index is 577. The fraction of sp³-hybridized carbons (Fsp3) is 0.250. The molecule has 0 bridgehead atoms. The molecule has 0 aromatic carbocycles. The van der Waals surface area contributed by atoms with E-state index in [2.05, 4.69) is 9.97 Å². The van der Waals surface area contributed by atoms with Gasteiger partial charge < -0.3 is 10.5 Å². The summed E-state index contributed by atoms with van der Waals surface area (Å²) in [4.78, 5) is 20.0. The van der Waals surface area contributed by atoms with Crippen molar-refractivity contribution in [2.24, 2.45) is 0 Å². The maximum atomic E-state index is 11.7. The van der Waals surface area contributed by atoms with Crippen molar-refractivity contribution in [1.82, 2.24) is 14.5 Å². The Labute approximate surface area is 104 Å². The van der Waals surface area contributed by atoms with Crippen molar-refractivity contribution in [2.45, 2.75) is 13.8 Å². The summed E-state index contributed by atoms with van der Waals surface area (Å²) in [5, 5.41) is 0. The van der Waals surface area contributed by atoms with Gasteiger partial charge in [-0.2, -0.15) is 0 Å². The van der Waals surface area contributed by atoms with E-state index in [9.17, 15) is 4.79 Å². The first-order chi connectivity index (χ1) is 8.65. The number of anilines is 1. The number of imidazole rings is 1. The van der Waals surface area contributed by atoms with Crippen LogP contribution in [-0.2, 0) is 4.74 Å². The van der Waals surface area contributed by atoms with Gasteiger partial charge in [0.15, 0.2) is 5.82 Å². The maximum absolute atomic E-state index is 11.7. The first-order valence-electron chi connectivity index (χ1n) is 5.57. The van der Waals surface area contributed by atoms with Gasteiger partial charge in [0.1, 0.15) is 5.82 Å². The molecule has 0 aliphatic heterocycles. The minimum Gasteiger partial charge on any atom is -0.462 e. The monoisotopic (exact) mass is 246 g/mol. The topological polar surface area (TPSA) is 83.0 Å².